The summed E-state index contributed by atoms with van der Waals surface area (Å²) in [6.45, 7) is 2.17. The number of carbonyl (C=O) groups excluding carboxylic acids is 1. The molecule has 28 heavy (non-hydrogen) atoms. The number of carboxylic acid groups (broad SMARTS) is 1. The molecule has 2 saturated carbocycles. The number of aliphatic hydroxyl groups is 2. The van der Waals surface area contributed by atoms with Gasteiger partial charge in [0.05, 0.1) is 12.2 Å². The van der Waals surface area contributed by atoms with Crippen molar-refractivity contribution >= 4 is 11.8 Å². The molecule has 2 rings (SSSR count). The SMILES string of the molecule is CCCC1(C(O)CCC[C@H]2[C@H](O)CC(=O)[C@@H]2C/C=C\CCCC(=O)O)CCC1. The Kier molecular flexibility index (Phi) is 9.16. The molecule has 2 fully saturated rings. The number of ketones is 1. The molecule has 2 aliphatic carbocycles. The number of carboxylic acids is 1. The van der Waals surface area contributed by atoms with E-state index in [9.17, 15) is 19.8 Å². The number of aliphatic hydroxyl groups excluding tert-OH is 2. The Labute approximate surface area is 169 Å². The summed E-state index contributed by atoms with van der Waals surface area (Å²) in [4.78, 5) is 22.8. The van der Waals surface area contributed by atoms with Gasteiger partial charge in [0.25, 0.3) is 0 Å². The number of rotatable bonds is 13. The van der Waals surface area contributed by atoms with Crippen molar-refractivity contribution in [1.29, 1.82) is 0 Å². The Bertz CT molecular complexity index is 537. The van der Waals surface area contributed by atoms with Crippen molar-refractivity contribution in [2.75, 3.05) is 0 Å². The molecule has 0 aromatic carbocycles. The molecule has 4 atom stereocenters. The summed E-state index contributed by atoms with van der Waals surface area (Å²) in [6, 6.07) is 0. The molecule has 0 bridgehead atoms. The van der Waals surface area contributed by atoms with Crippen molar-refractivity contribution in [2.45, 2.75) is 103 Å². The lowest BCUT2D eigenvalue weighted by Crippen LogP contribution is -2.41. The van der Waals surface area contributed by atoms with Gasteiger partial charge in [0, 0.05) is 18.8 Å². The van der Waals surface area contributed by atoms with Crippen LogP contribution in [-0.4, -0.2) is 39.3 Å². The van der Waals surface area contributed by atoms with E-state index < -0.39 is 12.1 Å². The minimum absolute atomic E-state index is 0.0214. The van der Waals surface area contributed by atoms with Crippen molar-refractivity contribution in [3.8, 4) is 0 Å². The number of allylic oxidation sites excluding steroid dienone is 2. The average molecular weight is 395 g/mol. The van der Waals surface area contributed by atoms with Gasteiger partial charge in [-0.2, -0.15) is 0 Å². The first-order chi connectivity index (χ1) is 13.4. The molecule has 0 aromatic heterocycles. The van der Waals surface area contributed by atoms with Gasteiger partial charge in [0.15, 0.2) is 0 Å². The molecule has 0 amide bonds. The summed E-state index contributed by atoms with van der Waals surface area (Å²) < 4.78 is 0. The van der Waals surface area contributed by atoms with Crippen LogP contribution in [0, 0.1) is 17.3 Å². The van der Waals surface area contributed by atoms with E-state index in [0.29, 0.717) is 19.3 Å². The lowest BCUT2D eigenvalue weighted by molar-refractivity contribution is -0.137. The summed E-state index contributed by atoms with van der Waals surface area (Å²) in [6.07, 6.45) is 13.5. The molecule has 0 spiro atoms. The molecule has 0 radical (unpaired) electrons. The van der Waals surface area contributed by atoms with E-state index in [0.717, 1.165) is 44.9 Å². The van der Waals surface area contributed by atoms with E-state index in [1.165, 1.54) is 6.42 Å². The van der Waals surface area contributed by atoms with Gasteiger partial charge < -0.3 is 15.3 Å². The molecule has 160 valence electrons. The topological polar surface area (TPSA) is 94.8 Å². The third-order valence-electron chi connectivity index (χ3n) is 6.97. The fourth-order valence-electron chi connectivity index (χ4n) is 5.18. The number of hydrogen-bond donors (Lipinski definition) is 3. The highest BCUT2D eigenvalue weighted by molar-refractivity contribution is 5.84. The van der Waals surface area contributed by atoms with Crippen LogP contribution in [0.5, 0.6) is 0 Å². The largest absolute Gasteiger partial charge is 0.481 e. The van der Waals surface area contributed by atoms with Crippen LogP contribution in [0.15, 0.2) is 12.2 Å². The number of Topliss-reactive ketones (excluding diaryl/α,β-unsaturated/α-hetero) is 1. The van der Waals surface area contributed by atoms with Crippen LogP contribution >= 0.6 is 0 Å². The average Bonchev–Trinajstić information content (AvgIpc) is 2.87. The molecule has 0 aliphatic heterocycles. The molecular weight excluding hydrogens is 356 g/mol. The zero-order chi connectivity index (χ0) is 20.6. The number of hydrogen-bond acceptors (Lipinski definition) is 4. The lowest BCUT2D eigenvalue weighted by Gasteiger charge is -2.46. The van der Waals surface area contributed by atoms with Gasteiger partial charge in [0.1, 0.15) is 5.78 Å². The molecule has 5 nitrogen and oxygen atoms in total. The highest BCUT2D eigenvalue weighted by atomic mass is 16.4. The van der Waals surface area contributed by atoms with E-state index in [-0.39, 0.29) is 42.0 Å². The maximum Gasteiger partial charge on any atom is 0.303 e. The highest BCUT2D eigenvalue weighted by Gasteiger charge is 2.43. The van der Waals surface area contributed by atoms with Gasteiger partial charge >= 0.3 is 5.97 Å². The van der Waals surface area contributed by atoms with E-state index in [1.54, 1.807) is 0 Å². The van der Waals surface area contributed by atoms with E-state index in [1.807, 2.05) is 12.2 Å². The van der Waals surface area contributed by atoms with Gasteiger partial charge in [-0.1, -0.05) is 38.3 Å². The summed E-state index contributed by atoms with van der Waals surface area (Å²) in [7, 11) is 0. The molecular formula is C23H38O5. The second-order valence-corrected chi connectivity index (χ2v) is 8.91. The van der Waals surface area contributed by atoms with Gasteiger partial charge in [-0.05, 0) is 62.7 Å². The molecule has 5 heteroatoms. The van der Waals surface area contributed by atoms with Crippen LogP contribution in [-0.2, 0) is 9.59 Å². The van der Waals surface area contributed by atoms with Crippen LogP contribution in [0.4, 0.5) is 0 Å². The zero-order valence-electron chi connectivity index (χ0n) is 17.3. The number of carbonyl (C=O) groups is 2. The fourth-order valence-corrected chi connectivity index (χ4v) is 5.18. The van der Waals surface area contributed by atoms with Gasteiger partial charge in [-0.15, -0.1) is 0 Å². The lowest BCUT2D eigenvalue weighted by atomic mass is 9.61. The van der Waals surface area contributed by atoms with Crippen molar-refractivity contribution in [1.82, 2.24) is 0 Å². The number of unbranched alkanes of at least 4 members (excludes halogenated alkanes) is 1. The molecule has 1 unspecified atom stereocenters. The number of aliphatic carboxylic acids is 1. The maximum absolute atomic E-state index is 12.3. The Hall–Kier alpha value is -1.20. The third-order valence-corrected chi connectivity index (χ3v) is 6.97. The van der Waals surface area contributed by atoms with Crippen molar-refractivity contribution in [2.24, 2.45) is 17.3 Å². The van der Waals surface area contributed by atoms with E-state index in [4.69, 9.17) is 5.11 Å². The predicted molar refractivity (Wildman–Crippen MR) is 109 cm³/mol. The molecule has 0 heterocycles. The summed E-state index contributed by atoms with van der Waals surface area (Å²) in [5.74, 6) is -0.815. The first kappa shape index (κ1) is 23.1. The standard InChI is InChI=1S/C23H38O5/c1-2-13-23(14-8-15-23)21(26)11-7-10-18-17(19(24)16-20(18)25)9-5-3-4-6-12-22(27)28/h3,5,17-18,20-21,25-26H,2,4,6-16H2,1H3,(H,27,28)/b5-3-/t17-,18-,20-,21?/m1/s1. The van der Waals surface area contributed by atoms with Gasteiger partial charge in [0.2, 0.25) is 0 Å². The first-order valence-corrected chi connectivity index (χ1v) is 11.1. The quantitative estimate of drug-likeness (QED) is 0.320. The highest BCUT2D eigenvalue weighted by Crippen LogP contribution is 2.49. The minimum Gasteiger partial charge on any atom is -0.481 e. The van der Waals surface area contributed by atoms with Crippen LogP contribution < -0.4 is 0 Å². The van der Waals surface area contributed by atoms with Crippen LogP contribution in [0.25, 0.3) is 0 Å². The maximum atomic E-state index is 12.3. The second kappa shape index (κ2) is 11.1. The molecule has 3 N–H and O–H groups in total. The summed E-state index contributed by atoms with van der Waals surface area (Å²) in [5, 5.41) is 29.7. The van der Waals surface area contributed by atoms with E-state index >= 15 is 0 Å². The molecule has 0 aromatic rings. The monoisotopic (exact) mass is 394 g/mol. The minimum atomic E-state index is -0.785. The van der Waals surface area contributed by atoms with Gasteiger partial charge in [-0.25, -0.2) is 0 Å². The molecule has 0 saturated heterocycles. The van der Waals surface area contributed by atoms with E-state index in [2.05, 4.69) is 6.92 Å². The Morgan fingerprint density at radius 1 is 1.29 bits per heavy atom. The zero-order valence-corrected chi connectivity index (χ0v) is 17.3. The molecule has 2 aliphatic rings. The fraction of sp³-hybridized carbons (Fsp3) is 0.826. The van der Waals surface area contributed by atoms with Crippen LogP contribution in [0.2, 0.25) is 0 Å². The first-order valence-electron chi connectivity index (χ1n) is 11.1. The van der Waals surface area contributed by atoms with Crippen molar-refractivity contribution < 1.29 is 24.9 Å². The predicted octanol–water partition coefficient (Wildman–Crippen LogP) is 4.26. The second-order valence-electron chi connectivity index (χ2n) is 8.91. The summed E-state index contributed by atoms with van der Waals surface area (Å²) in [5.41, 5.74) is 0.122. The smallest absolute Gasteiger partial charge is 0.303 e. The normalized spacial score (nSPS) is 27.8. The van der Waals surface area contributed by atoms with Gasteiger partial charge in [-0.3, -0.25) is 9.59 Å². The van der Waals surface area contributed by atoms with Crippen molar-refractivity contribution in [3.63, 3.8) is 0 Å². The Balaban J connectivity index is 1.77. The third kappa shape index (κ3) is 6.15. The summed E-state index contributed by atoms with van der Waals surface area (Å²) >= 11 is 0. The van der Waals surface area contributed by atoms with Crippen LogP contribution in [0.1, 0.15) is 90.4 Å². The van der Waals surface area contributed by atoms with Crippen LogP contribution in [0.3, 0.4) is 0 Å². The van der Waals surface area contributed by atoms with Crippen molar-refractivity contribution in [3.05, 3.63) is 12.2 Å². The Morgan fingerprint density at radius 2 is 2.04 bits per heavy atom. The Morgan fingerprint density at radius 3 is 2.64 bits per heavy atom.